The van der Waals surface area contributed by atoms with Crippen LogP contribution in [-0.4, -0.2) is 14.6 Å². The van der Waals surface area contributed by atoms with Crippen molar-refractivity contribution in [1.82, 2.24) is 14.6 Å². The summed E-state index contributed by atoms with van der Waals surface area (Å²) in [6.07, 6.45) is 1.56. The summed E-state index contributed by atoms with van der Waals surface area (Å²) in [6.45, 7) is 0.436. The molecule has 0 radical (unpaired) electrons. The normalized spacial score (nSPS) is 10.9. The molecule has 0 atom stereocenters. The lowest BCUT2D eigenvalue weighted by Gasteiger charge is -2.15. The smallest absolute Gasteiger partial charge is 0.298 e. The Bertz CT molecular complexity index is 1160. The minimum absolute atomic E-state index is 0.276. The second-order valence-corrected chi connectivity index (χ2v) is 7.16. The summed E-state index contributed by atoms with van der Waals surface area (Å²) >= 11 is 2.24. The SMILES string of the molecule is O=c1c2ncccc2nc(-c2ccc(F)cc2)n1NCc1ccc(I)cc1. The monoisotopic (exact) mass is 472 g/mol. The molecule has 0 aliphatic carbocycles. The number of halogens is 2. The van der Waals surface area contributed by atoms with Gasteiger partial charge in [-0.25, -0.2) is 19.0 Å². The Morgan fingerprint density at radius 2 is 1.78 bits per heavy atom. The molecule has 0 saturated heterocycles. The van der Waals surface area contributed by atoms with Gasteiger partial charge in [0.1, 0.15) is 5.82 Å². The van der Waals surface area contributed by atoms with Gasteiger partial charge in [-0.05, 0) is 76.7 Å². The van der Waals surface area contributed by atoms with E-state index in [2.05, 4.69) is 38.0 Å². The second kappa shape index (κ2) is 7.43. The molecule has 7 heteroatoms. The lowest BCUT2D eigenvalue weighted by Crippen LogP contribution is -2.31. The zero-order valence-electron chi connectivity index (χ0n) is 14.1. The first kappa shape index (κ1) is 17.6. The first-order valence-corrected chi connectivity index (χ1v) is 9.32. The van der Waals surface area contributed by atoms with E-state index in [4.69, 9.17) is 0 Å². The molecule has 0 bridgehead atoms. The topological polar surface area (TPSA) is 59.8 Å². The fourth-order valence-corrected chi connectivity index (χ4v) is 3.09. The summed E-state index contributed by atoms with van der Waals surface area (Å²) in [5.74, 6) is 0.0629. The number of hydrogen-bond acceptors (Lipinski definition) is 4. The molecule has 5 nitrogen and oxygen atoms in total. The third-order valence-corrected chi connectivity index (χ3v) is 4.81. The third kappa shape index (κ3) is 3.68. The van der Waals surface area contributed by atoms with Crippen LogP contribution in [0.2, 0.25) is 0 Å². The predicted molar refractivity (Wildman–Crippen MR) is 111 cm³/mol. The largest absolute Gasteiger partial charge is 0.317 e. The van der Waals surface area contributed by atoms with Crippen LogP contribution in [0.25, 0.3) is 22.4 Å². The van der Waals surface area contributed by atoms with Crippen LogP contribution in [0, 0.1) is 9.39 Å². The first-order chi connectivity index (χ1) is 13.1. The van der Waals surface area contributed by atoms with Gasteiger partial charge in [-0.15, -0.1) is 0 Å². The van der Waals surface area contributed by atoms with E-state index < -0.39 is 0 Å². The molecule has 4 rings (SSSR count). The van der Waals surface area contributed by atoms with Gasteiger partial charge in [-0.2, -0.15) is 0 Å². The Hall–Kier alpha value is -2.81. The highest BCUT2D eigenvalue weighted by Crippen LogP contribution is 2.18. The van der Waals surface area contributed by atoms with Gasteiger partial charge >= 0.3 is 0 Å². The number of nitrogens with zero attached hydrogens (tertiary/aromatic N) is 3. The van der Waals surface area contributed by atoms with E-state index in [0.717, 1.165) is 9.13 Å². The quantitative estimate of drug-likeness (QED) is 0.458. The molecule has 0 amide bonds. The number of aromatic nitrogens is 3. The van der Waals surface area contributed by atoms with Crippen LogP contribution in [0.4, 0.5) is 4.39 Å². The van der Waals surface area contributed by atoms with Gasteiger partial charge in [0.15, 0.2) is 11.3 Å². The maximum Gasteiger partial charge on any atom is 0.298 e. The van der Waals surface area contributed by atoms with Crippen molar-refractivity contribution in [2.75, 3.05) is 5.43 Å². The Balaban J connectivity index is 1.82. The first-order valence-electron chi connectivity index (χ1n) is 8.24. The molecule has 0 fully saturated rings. The lowest BCUT2D eigenvalue weighted by atomic mass is 10.2. The van der Waals surface area contributed by atoms with Gasteiger partial charge in [0.2, 0.25) is 0 Å². The summed E-state index contributed by atoms with van der Waals surface area (Å²) in [4.78, 5) is 21.7. The Morgan fingerprint density at radius 3 is 2.52 bits per heavy atom. The lowest BCUT2D eigenvalue weighted by molar-refractivity contribution is 0.628. The number of pyridine rings is 1. The maximum absolute atomic E-state index is 13.3. The van der Waals surface area contributed by atoms with Crippen LogP contribution < -0.4 is 11.0 Å². The molecular weight excluding hydrogens is 458 g/mol. The van der Waals surface area contributed by atoms with E-state index in [1.807, 2.05) is 24.3 Å². The van der Waals surface area contributed by atoms with Crippen molar-refractivity contribution < 1.29 is 4.39 Å². The summed E-state index contributed by atoms with van der Waals surface area (Å²) in [5.41, 5.74) is 5.25. The Morgan fingerprint density at radius 1 is 1.04 bits per heavy atom. The highest BCUT2D eigenvalue weighted by Gasteiger charge is 2.13. The summed E-state index contributed by atoms with van der Waals surface area (Å²) in [6, 6.07) is 17.3. The molecule has 1 N–H and O–H groups in total. The third-order valence-electron chi connectivity index (χ3n) is 4.09. The van der Waals surface area contributed by atoms with Crippen molar-refractivity contribution in [3.63, 3.8) is 0 Å². The van der Waals surface area contributed by atoms with Gasteiger partial charge in [-0.3, -0.25) is 4.79 Å². The maximum atomic E-state index is 13.3. The Kier molecular flexibility index (Phi) is 4.85. The zero-order valence-corrected chi connectivity index (χ0v) is 16.2. The van der Waals surface area contributed by atoms with Crippen LogP contribution in [0.1, 0.15) is 5.56 Å². The van der Waals surface area contributed by atoms with Crippen molar-refractivity contribution in [3.05, 3.63) is 92.2 Å². The minimum atomic E-state index is -0.345. The van der Waals surface area contributed by atoms with Crippen molar-refractivity contribution in [3.8, 4) is 11.4 Å². The molecule has 0 saturated carbocycles. The van der Waals surface area contributed by atoms with E-state index in [1.165, 1.54) is 16.8 Å². The molecule has 2 aromatic heterocycles. The molecule has 4 aromatic rings. The van der Waals surface area contributed by atoms with Gasteiger partial charge in [-0.1, -0.05) is 12.1 Å². The van der Waals surface area contributed by atoms with Gasteiger partial charge in [0, 0.05) is 15.3 Å². The Labute approximate surface area is 168 Å². The van der Waals surface area contributed by atoms with Gasteiger partial charge in [0.25, 0.3) is 5.56 Å². The standard InChI is InChI=1S/C20H14FIN4O/c21-15-7-5-14(6-8-15)19-25-17-2-1-11-23-18(17)20(27)26(19)24-12-13-3-9-16(22)10-4-13/h1-11,24H,12H2. The summed E-state index contributed by atoms with van der Waals surface area (Å²) in [7, 11) is 0. The number of nitrogens with one attached hydrogen (secondary N) is 1. The molecule has 134 valence electrons. The number of rotatable bonds is 4. The second-order valence-electron chi connectivity index (χ2n) is 5.92. The average Bonchev–Trinajstić information content (AvgIpc) is 2.69. The van der Waals surface area contributed by atoms with E-state index in [-0.39, 0.29) is 16.9 Å². The number of hydrogen-bond donors (Lipinski definition) is 1. The molecular formula is C20H14FIN4O. The van der Waals surface area contributed by atoms with Crippen LogP contribution in [-0.2, 0) is 6.54 Å². The summed E-state index contributed by atoms with van der Waals surface area (Å²) < 4.78 is 15.8. The van der Waals surface area contributed by atoms with Gasteiger partial charge in [0.05, 0.1) is 12.1 Å². The molecule has 0 unspecified atom stereocenters. The van der Waals surface area contributed by atoms with E-state index >= 15 is 0 Å². The molecule has 27 heavy (non-hydrogen) atoms. The van der Waals surface area contributed by atoms with Crippen molar-refractivity contribution in [2.24, 2.45) is 0 Å². The van der Waals surface area contributed by atoms with Crippen molar-refractivity contribution in [2.45, 2.75) is 6.54 Å². The molecule has 2 aromatic carbocycles. The molecule has 0 aliphatic rings. The zero-order chi connectivity index (χ0) is 18.8. The van der Waals surface area contributed by atoms with Crippen molar-refractivity contribution in [1.29, 1.82) is 0 Å². The van der Waals surface area contributed by atoms with Gasteiger partial charge < -0.3 is 5.43 Å². The highest BCUT2D eigenvalue weighted by molar-refractivity contribution is 14.1. The average molecular weight is 472 g/mol. The molecule has 2 heterocycles. The molecule has 0 aliphatic heterocycles. The van der Waals surface area contributed by atoms with Crippen molar-refractivity contribution >= 4 is 33.6 Å². The van der Waals surface area contributed by atoms with Crippen LogP contribution in [0.15, 0.2) is 71.7 Å². The van der Waals surface area contributed by atoms with E-state index in [0.29, 0.717) is 23.4 Å². The number of benzene rings is 2. The van der Waals surface area contributed by atoms with E-state index in [1.54, 1.807) is 30.5 Å². The minimum Gasteiger partial charge on any atom is -0.317 e. The fraction of sp³-hybridized carbons (Fsp3) is 0.0500. The highest BCUT2D eigenvalue weighted by atomic mass is 127. The van der Waals surface area contributed by atoms with Crippen LogP contribution in [0.3, 0.4) is 0 Å². The fourth-order valence-electron chi connectivity index (χ4n) is 2.73. The van der Waals surface area contributed by atoms with E-state index in [9.17, 15) is 9.18 Å². The van der Waals surface area contributed by atoms with Crippen LogP contribution >= 0.6 is 22.6 Å². The molecule has 0 spiro atoms. The predicted octanol–water partition coefficient (Wildman–Crippen LogP) is 3.95. The summed E-state index contributed by atoms with van der Waals surface area (Å²) in [5, 5.41) is 0. The van der Waals surface area contributed by atoms with Crippen LogP contribution in [0.5, 0.6) is 0 Å². The number of fused-ring (bicyclic) bond motifs is 1.